The summed E-state index contributed by atoms with van der Waals surface area (Å²) >= 11 is 0. The molecule has 0 saturated carbocycles. The van der Waals surface area contributed by atoms with Gasteiger partial charge in [0.2, 0.25) is 0 Å². The number of nitrogens with zero attached hydrogens (tertiary/aromatic N) is 1. The van der Waals surface area contributed by atoms with Crippen molar-refractivity contribution < 1.29 is 9.18 Å². The highest BCUT2D eigenvalue weighted by atomic mass is 19.1. The number of carbonyl (C=O) groups is 1. The molecule has 18 heavy (non-hydrogen) atoms. The second-order valence-electron chi connectivity index (χ2n) is 4.37. The van der Waals surface area contributed by atoms with Crippen LogP contribution in [0.25, 0.3) is 0 Å². The van der Waals surface area contributed by atoms with E-state index in [9.17, 15) is 9.18 Å². The zero-order valence-corrected chi connectivity index (χ0v) is 11.2. The van der Waals surface area contributed by atoms with Gasteiger partial charge in [0.05, 0.1) is 0 Å². The van der Waals surface area contributed by atoms with Crippen molar-refractivity contribution in [3.05, 3.63) is 35.6 Å². The number of halogens is 1. The Morgan fingerprint density at radius 1 is 1.28 bits per heavy atom. The summed E-state index contributed by atoms with van der Waals surface area (Å²) in [6.07, 6.45) is 0. The molecule has 1 atom stereocenters. The van der Waals surface area contributed by atoms with Gasteiger partial charge >= 0.3 is 0 Å². The van der Waals surface area contributed by atoms with Crippen molar-refractivity contribution in [3.8, 4) is 0 Å². The summed E-state index contributed by atoms with van der Waals surface area (Å²) in [6, 6.07) is 5.65. The fourth-order valence-electron chi connectivity index (χ4n) is 1.82. The van der Waals surface area contributed by atoms with Crippen LogP contribution in [0.4, 0.5) is 4.39 Å². The number of rotatable bonds is 6. The van der Waals surface area contributed by atoms with E-state index in [2.05, 4.69) is 24.1 Å². The number of likely N-dealkylation sites (N-methyl/N-ethyl adjacent to an activating group) is 1. The number of carbonyl (C=O) groups excluding carboxylic acids is 1. The fraction of sp³-hybridized carbons (Fsp3) is 0.500. The Bertz CT molecular complexity index is 374. The van der Waals surface area contributed by atoms with E-state index in [1.807, 2.05) is 6.92 Å². The van der Waals surface area contributed by atoms with Crippen molar-refractivity contribution in [2.75, 3.05) is 19.6 Å². The summed E-state index contributed by atoms with van der Waals surface area (Å²) in [6.45, 7) is 8.91. The molecule has 0 radical (unpaired) electrons. The van der Waals surface area contributed by atoms with Crippen molar-refractivity contribution in [2.24, 2.45) is 0 Å². The minimum absolute atomic E-state index is 0.0717. The molecule has 4 heteroatoms. The Morgan fingerprint density at radius 2 is 1.83 bits per heavy atom. The maximum Gasteiger partial charge on any atom is 0.251 e. The maximum atomic E-state index is 12.7. The molecule has 1 rings (SSSR count). The van der Waals surface area contributed by atoms with Gasteiger partial charge in [-0.15, -0.1) is 0 Å². The number of nitrogens with one attached hydrogen (secondary N) is 1. The van der Waals surface area contributed by atoms with Crippen LogP contribution in [0.3, 0.4) is 0 Å². The maximum absolute atomic E-state index is 12.7. The second kappa shape index (κ2) is 7.11. The van der Waals surface area contributed by atoms with Gasteiger partial charge in [0, 0.05) is 18.2 Å². The van der Waals surface area contributed by atoms with Crippen LogP contribution in [0, 0.1) is 5.82 Å². The summed E-state index contributed by atoms with van der Waals surface area (Å²) < 4.78 is 12.7. The zero-order chi connectivity index (χ0) is 13.5. The lowest BCUT2D eigenvalue weighted by Crippen LogP contribution is -2.41. The highest BCUT2D eigenvalue weighted by Gasteiger charge is 2.11. The van der Waals surface area contributed by atoms with Gasteiger partial charge in [0.15, 0.2) is 0 Å². The third kappa shape index (κ3) is 4.45. The number of hydrogen-bond donors (Lipinski definition) is 1. The van der Waals surface area contributed by atoms with Crippen LogP contribution < -0.4 is 5.32 Å². The molecule has 0 saturated heterocycles. The molecule has 0 aromatic heterocycles. The summed E-state index contributed by atoms with van der Waals surface area (Å²) in [5.74, 6) is -0.489. The van der Waals surface area contributed by atoms with Gasteiger partial charge in [0.25, 0.3) is 5.91 Å². The summed E-state index contributed by atoms with van der Waals surface area (Å²) in [4.78, 5) is 14.1. The standard InChI is InChI=1S/C14H21FN2O/c1-4-17(5-2)10-11(3)16-14(18)12-6-8-13(15)9-7-12/h6-9,11H,4-5,10H2,1-3H3,(H,16,18). The lowest BCUT2D eigenvalue weighted by atomic mass is 10.2. The largest absolute Gasteiger partial charge is 0.348 e. The number of benzene rings is 1. The molecule has 0 spiro atoms. The molecule has 0 aliphatic carbocycles. The van der Waals surface area contributed by atoms with Gasteiger partial charge in [-0.1, -0.05) is 13.8 Å². The third-order valence-corrected chi connectivity index (χ3v) is 2.91. The monoisotopic (exact) mass is 252 g/mol. The molecule has 0 aliphatic heterocycles. The van der Waals surface area contributed by atoms with Gasteiger partial charge in [-0.05, 0) is 44.3 Å². The molecule has 3 nitrogen and oxygen atoms in total. The van der Waals surface area contributed by atoms with Crippen LogP contribution in [-0.2, 0) is 0 Å². The average molecular weight is 252 g/mol. The molecule has 0 fully saturated rings. The van der Waals surface area contributed by atoms with Gasteiger partial charge in [0.1, 0.15) is 5.82 Å². The Labute approximate surface area is 108 Å². The number of hydrogen-bond acceptors (Lipinski definition) is 2. The fourth-order valence-corrected chi connectivity index (χ4v) is 1.82. The topological polar surface area (TPSA) is 32.3 Å². The molecule has 1 aromatic carbocycles. The first-order valence-corrected chi connectivity index (χ1v) is 6.35. The normalized spacial score (nSPS) is 12.5. The third-order valence-electron chi connectivity index (χ3n) is 2.91. The predicted octanol–water partition coefficient (Wildman–Crippen LogP) is 2.29. The molecule has 100 valence electrons. The van der Waals surface area contributed by atoms with Crippen molar-refractivity contribution in [2.45, 2.75) is 26.8 Å². The second-order valence-corrected chi connectivity index (χ2v) is 4.37. The van der Waals surface area contributed by atoms with Crippen LogP contribution in [0.15, 0.2) is 24.3 Å². The van der Waals surface area contributed by atoms with Crippen molar-refractivity contribution in [1.82, 2.24) is 10.2 Å². The molecule has 1 unspecified atom stereocenters. The van der Waals surface area contributed by atoms with Crippen molar-refractivity contribution >= 4 is 5.91 Å². The van der Waals surface area contributed by atoms with Gasteiger partial charge in [-0.2, -0.15) is 0 Å². The lowest BCUT2D eigenvalue weighted by molar-refractivity contribution is 0.0930. The van der Waals surface area contributed by atoms with Gasteiger partial charge in [-0.3, -0.25) is 4.79 Å². The lowest BCUT2D eigenvalue weighted by Gasteiger charge is -2.23. The Balaban J connectivity index is 2.51. The van der Waals surface area contributed by atoms with Crippen molar-refractivity contribution in [3.63, 3.8) is 0 Å². The number of amides is 1. The molecular formula is C14H21FN2O. The zero-order valence-electron chi connectivity index (χ0n) is 11.2. The van der Waals surface area contributed by atoms with Crippen molar-refractivity contribution in [1.29, 1.82) is 0 Å². The highest BCUT2D eigenvalue weighted by Crippen LogP contribution is 2.03. The van der Waals surface area contributed by atoms with Gasteiger partial charge in [-0.25, -0.2) is 4.39 Å². The summed E-state index contributed by atoms with van der Waals surface area (Å²) in [7, 11) is 0. The molecule has 0 bridgehead atoms. The van der Waals surface area contributed by atoms with E-state index in [1.54, 1.807) is 0 Å². The minimum Gasteiger partial charge on any atom is -0.348 e. The average Bonchev–Trinajstić information content (AvgIpc) is 2.36. The molecule has 1 N–H and O–H groups in total. The molecular weight excluding hydrogens is 231 g/mol. The Hall–Kier alpha value is -1.42. The van der Waals surface area contributed by atoms with Crippen LogP contribution in [-0.4, -0.2) is 36.5 Å². The molecule has 0 heterocycles. The van der Waals surface area contributed by atoms with E-state index in [1.165, 1.54) is 24.3 Å². The van der Waals surface area contributed by atoms with Crippen LogP contribution in [0.5, 0.6) is 0 Å². The van der Waals surface area contributed by atoms with E-state index in [4.69, 9.17) is 0 Å². The molecule has 1 aromatic rings. The Morgan fingerprint density at radius 3 is 2.33 bits per heavy atom. The van der Waals surface area contributed by atoms with E-state index in [-0.39, 0.29) is 17.8 Å². The van der Waals surface area contributed by atoms with E-state index >= 15 is 0 Å². The van der Waals surface area contributed by atoms with Crippen LogP contribution >= 0.6 is 0 Å². The minimum atomic E-state index is -0.331. The summed E-state index contributed by atoms with van der Waals surface area (Å²) in [5, 5.41) is 2.91. The first-order valence-electron chi connectivity index (χ1n) is 6.35. The van der Waals surface area contributed by atoms with Crippen LogP contribution in [0.1, 0.15) is 31.1 Å². The Kier molecular flexibility index (Phi) is 5.78. The summed E-state index contributed by atoms with van der Waals surface area (Å²) in [5.41, 5.74) is 0.489. The quantitative estimate of drug-likeness (QED) is 0.842. The van der Waals surface area contributed by atoms with E-state index < -0.39 is 0 Å². The SMILES string of the molecule is CCN(CC)CC(C)NC(=O)c1ccc(F)cc1. The molecule has 1 amide bonds. The first kappa shape index (κ1) is 14.6. The van der Waals surface area contributed by atoms with Gasteiger partial charge < -0.3 is 10.2 Å². The smallest absolute Gasteiger partial charge is 0.251 e. The molecule has 0 aliphatic rings. The van der Waals surface area contributed by atoms with Crippen LogP contribution in [0.2, 0.25) is 0 Å². The predicted molar refractivity (Wildman–Crippen MR) is 71.1 cm³/mol. The highest BCUT2D eigenvalue weighted by molar-refractivity contribution is 5.94. The van der Waals surface area contributed by atoms with E-state index in [0.717, 1.165) is 19.6 Å². The van der Waals surface area contributed by atoms with E-state index in [0.29, 0.717) is 5.56 Å². The first-order chi connectivity index (χ1) is 8.56.